The molecule has 5 nitrogen and oxygen atoms in total. The van der Waals surface area contributed by atoms with Gasteiger partial charge in [0.2, 0.25) is 5.76 Å². The van der Waals surface area contributed by atoms with Crippen molar-refractivity contribution in [2.24, 2.45) is 0 Å². The van der Waals surface area contributed by atoms with Crippen molar-refractivity contribution < 1.29 is 31.9 Å². The summed E-state index contributed by atoms with van der Waals surface area (Å²) in [6, 6.07) is 7.19. The van der Waals surface area contributed by atoms with Crippen LogP contribution in [-0.2, 0) is 15.7 Å². The van der Waals surface area contributed by atoms with Crippen LogP contribution in [0.3, 0.4) is 0 Å². The Morgan fingerprint density at radius 2 is 1.84 bits per heavy atom. The molecular formula is C17H16F3NO4. The molecule has 2 aromatic rings. The molecule has 0 radical (unpaired) electrons. The number of likely N-dealkylation sites (N-methyl/N-ethyl adjacent to an activating group) is 1. The summed E-state index contributed by atoms with van der Waals surface area (Å²) < 4.78 is 48.5. The fraction of sp³-hybridized carbons (Fsp3) is 0.294. The Hall–Kier alpha value is -2.77. The first kappa shape index (κ1) is 18.6. The molecule has 1 amide bonds. The second kappa shape index (κ2) is 7.00. The zero-order valence-corrected chi connectivity index (χ0v) is 13.8. The molecular weight excluding hydrogens is 339 g/mol. The molecule has 0 saturated carbocycles. The topological polar surface area (TPSA) is 59.8 Å². The lowest BCUT2D eigenvalue weighted by Gasteiger charge is -2.16. The van der Waals surface area contributed by atoms with E-state index in [0.717, 1.165) is 12.1 Å². The molecule has 1 atom stereocenters. The van der Waals surface area contributed by atoms with Crippen LogP contribution in [0.1, 0.15) is 23.0 Å². The minimum Gasteiger partial charge on any atom is -0.449 e. The van der Waals surface area contributed by atoms with Crippen molar-refractivity contribution in [2.75, 3.05) is 14.1 Å². The van der Waals surface area contributed by atoms with Crippen molar-refractivity contribution in [3.8, 4) is 11.3 Å². The van der Waals surface area contributed by atoms with Crippen LogP contribution in [0.5, 0.6) is 0 Å². The van der Waals surface area contributed by atoms with Crippen molar-refractivity contribution in [1.29, 1.82) is 0 Å². The maximum Gasteiger partial charge on any atom is 0.416 e. The fourth-order valence-electron chi connectivity index (χ4n) is 2.08. The van der Waals surface area contributed by atoms with E-state index in [2.05, 4.69) is 0 Å². The van der Waals surface area contributed by atoms with Crippen LogP contribution in [0.2, 0.25) is 0 Å². The Balaban J connectivity index is 2.17. The van der Waals surface area contributed by atoms with Gasteiger partial charge in [0.25, 0.3) is 5.91 Å². The SMILES string of the molecule is C[C@H](OC(=O)c1ccc(-c2cccc(C(F)(F)F)c2)o1)C(=O)N(C)C. The van der Waals surface area contributed by atoms with Gasteiger partial charge >= 0.3 is 12.1 Å². The number of ether oxygens (including phenoxy) is 1. The number of hydrogen-bond acceptors (Lipinski definition) is 4. The molecule has 0 aliphatic heterocycles. The van der Waals surface area contributed by atoms with Gasteiger partial charge in [-0.15, -0.1) is 0 Å². The Morgan fingerprint density at radius 1 is 1.16 bits per heavy atom. The first-order chi connectivity index (χ1) is 11.6. The van der Waals surface area contributed by atoms with E-state index in [-0.39, 0.29) is 17.1 Å². The second-order valence-electron chi connectivity index (χ2n) is 5.52. The molecule has 2 rings (SSSR count). The predicted octanol–water partition coefficient (Wildman–Crippen LogP) is 3.60. The molecule has 0 fully saturated rings. The first-order valence-electron chi connectivity index (χ1n) is 7.29. The molecule has 8 heteroatoms. The molecule has 1 aromatic carbocycles. The number of esters is 1. The summed E-state index contributed by atoms with van der Waals surface area (Å²) in [7, 11) is 3.04. The minimum atomic E-state index is -4.48. The number of halogens is 3. The van der Waals surface area contributed by atoms with Gasteiger partial charge in [-0.2, -0.15) is 13.2 Å². The van der Waals surface area contributed by atoms with Crippen molar-refractivity contribution in [1.82, 2.24) is 4.90 Å². The van der Waals surface area contributed by atoms with E-state index < -0.39 is 29.7 Å². The number of furan rings is 1. The van der Waals surface area contributed by atoms with E-state index >= 15 is 0 Å². The minimum absolute atomic E-state index is 0.0876. The Bertz CT molecular complexity index is 780. The molecule has 0 aliphatic rings. The highest BCUT2D eigenvalue weighted by Crippen LogP contribution is 2.32. The number of carbonyl (C=O) groups is 2. The zero-order chi connectivity index (χ0) is 18.8. The molecule has 0 saturated heterocycles. The Labute approximate surface area is 142 Å². The van der Waals surface area contributed by atoms with Gasteiger partial charge in [0.05, 0.1) is 5.56 Å². The van der Waals surface area contributed by atoms with Gasteiger partial charge in [0.15, 0.2) is 6.10 Å². The van der Waals surface area contributed by atoms with E-state index in [1.165, 1.54) is 50.2 Å². The summed E-state index contributed by atoms with van der Waals surface area (Å²) in [4.78, 5) is 24.9. The molecule has 0 unspecified atom stereocenters. The summed E-state index contributed by atoms with van der Waals surface area (Å²) in [5.41, 5.74) is -0.651. The van der Waals surface area contributed by atoms with Gasteiger partial charge in [0, 0.05) is 19.7 Å². The normalized spacial score (nSPS) is 12.6. The third-order valence-corrected chi connectivity index (χ3v) is 3.35. The maximum absolute atomic E-state index is 12.8. The predicted molar refractivity (Wildman–Crippen MR) is 82.7 cm³/mol. The number of carbonyl (C=O) groups excluding carboxylic acids is 2. The molecule has 1 heterocycles. The smallest absolute Gasteiger partial charge is 0.416 e. The van der Waals surface area contributed by atoms with Crippen LogP contribution < -0.4 is 0 Å². The lowest BCUT2D eigenvalue weighted by Crippen LogP contribution is -2.34. The van der Waals surface area contributed by atoms with Crippen molar-refractivity contribution in [3.05, 3.63) is 47.7 Å². The van der Waals surface area contributed by atoms with Crippen LogP contribution in [0, 0.1) is 0 Å². The van der Waals surface area contributed by atoms with E-state index in [1.807, 2.05) is 0 Å². The molecule has 0 N–H and O–H groups in total. The number of amides is 1. The molecule has 1 aromatic heterocycles. The van der Waals surface area contributed by atoms with Crippen LogP contribution >= 0.6 is 0 Å². The van der Waals surface area contributed by atoms with Crippen LogP contribution in [-0.4, -0.2) is 37.0 Å². The molecule has 25 heavy (non-hydrogen) atoms. The second-order valence-corrected chi connectivity index (χ2v) is 5.52. The van der Waals surface area contributed by atoms with E-state index in [1.54, 1.807) is 0 Å². The van der Waals surface area contributed by atoms with E-state index in [0.29, 0.717) is 0 Å². The standard InChI is InChI=1S/C17H16F3NO4/c1-10(15(22)21(2)3)24-16(23)14-8-7-13(25-14)11-5-4-6-12(9-11)17(18,19)20/h4-10H,1-3H3/t10-/m0/s1. The van der Waals surface area contributed by atoms with E-state index in [9.17, 15) is 22.8 Å². The van der Waals surface area contributed by atoms with Crippen LogP contribution in [0.4, 0.5) is 13.2 Å². The highest BCUT2D eigenvalue weighted by molar-refractivity contribution is 5.90. The average molecular weight is 355 g/mol. The monoisotopic (exact) mass is 355 g/mol. The summed E-state index contributed by atoms with van der Waals surface area (Å²) in [6.45, 7) is 1.41. The number of nitrogens with zero attached hydrogens (tertiary/aromatic N) is 1. The third kappa shape index (κ3) is 4.40. The third-order valence-electron chi connectivity index (χ3n) is 3.35. The maximum atomic E-state index is 12.8. The average Bonchev–Trinajstić information content (AvgIpc) is 3.03. The van der Waals surface area contributed by atoms with Gasteiger partial charge in [-0.05, 0) is 31.2 Å². The fourth-order valence-corrected chi connectivity index (χ4v) is 2.08. The quantitative estimate of drug-likeness (QED) is 0.787. The molecule has 134 valence electrons. The number of rotatable bonds is 4. The number of benzene rings is 1. The van der Waals surface area contributed by atoms with Gasteiger partial charge in [-0.1, -0.05) is 12.1 Å². The summed E-state index contributed by atoms with van der Waals surface area (Å²) in [5.74, 6) is -1.39. The van der Waals surface area contributed by atoms with Gasteiger partial charge in [0.1, 0.15) is 5.76 Å². The largest absolute Gasteiger partial charge is 0.449 e. The van der Waals surface area contributed by atoms with Crippen molar-refractivity contribution in [3.63, 3.8) is 0 Å². The Kier molecular flexibility index (Phi) is 5.20. The van der Waals surface area contributed by atoms with Gasteiger partial charge in [-0.3, -0.25) is 4.79 Å². The van der Waals surface area contributed by atoms with Crippen molar-refractivity contribution in [2.45, 2.75) is 19.2 Å². The van der Waals surface area contributed by atoms with Crippen molar-refractivity contribution >= 4 is 11.9 Å². The number of hydrogen-bond donors (Lipinski definition) is 0. The number of alkyl halides is 3. The Morgan fingerprint density at radius 3 is 2.44 bits per heavy atom. The zero-order valence-electron chi connectivity index (χ0n) is 13.8. The molecule has 0 spiro atoms. The summed E-state index contributed by atoms with van der Waals surface area (Å²) in [5, 5.41) is 0. The highest BCUT2D eigenvalue weighted by atomic mass is 19.4. The summed E-state index contributed by atoms with van der Waals surface area (Å²) in [6.07, 6.45) is -5.49. The van der Waals surface area contributed by atoms with E-state index in [4.69, 9.17) is 9.15 Å². The lowest BCUT2D eigenvalue weighted by atomic mass is 10.1. The summed E-state index contributed by atoms with van der Waals surface area (Å²) >= 11 is 0. The lowest BCUT2D eigenvalue weighted by molar-refractivity contribution is -0.138. The highest BCUT2D eigenvalue weighted by Gasteiger charge is 2.30. The van der Waals surface area contributed by atoms with Crippen LogP contribution in [0.25, 0.3) is 11.3 Å². The first-order valence-corrected chi connectivity index (χ1v) is 7.29. The molecule has 0 bridgehead atoms. The van der Waals surface area contributed by atoms with Gasteiger partial charge < -0.3 is 14.1 Å². The van der Waals surface area contributed by atoms with Gasteiger partial charge in [-0.25, -0.2) is 4.79 Å². The molecule has 0 aliphatic carbocycles. The van der Waals surface area contributed by atoms with Crippen LogP contribution in [0.15, 0.2) is 40.8 Å².